The molecule has 7 heteroatoms. The maximum atomic E-state index is 14.4. The molecule has 0 spiro atoms. The van der Waals surface area contributed by atoms with Crippen LogP contribution in [-0.4, -0.2) is 27.4 Å². The fourth-order valence-corrected chi connectivity index (χ4v) is 4.51. The molecule has 2 rings (SSSR count). The predicted molar refractivity (Wildman–Crippen MR) is 114 cm³/mol. The largest absolute Gasteiger partial charge is 0.354 e. The fraction of sp³-hybridized carbons (Fsp3) is 0.409. The van der Waals surface area contributed by atoms with Gasteiger partial charge in [0.1, 0.15) is 12.4 Å². The molecule has 0 saturated carbocycles. The number of amides is 1. The Morgan fingerprint density at radius 3 is 2.34 bits per heavy atom. The summed E-state index contributed by atoms with van der Waals surface area (Å²) in [5.74, 6) is -0.816. The van der Waals surface area contributed by atoms with E-state index in [4.69, 9.17) is 0 Å². The molecule has 29 heavy (non-hydrogen) atoms. The van der Waals surface area contributed by atoms with Gasteiger partial charge in [-0.25, -0.2) is 12.8 Å². The van der Waals surface area contributed by atoms with Crippen LogP contribution < -0.4 is 9.62 Å². The lowest BCUT2D eigenvalue weighted by Crippen LogP contribution is -2.42. The molecule has 5 nitrogen and oxygen atoms in total. The van der Waals surface area contributed by atoms with Gasteiger partial charge in [-0.15, -0.1) is 0 Å². The minimum atomic E-state index is -4.10. The molecule has 1 atom stereocenters. The monoisotopic (exact) mass is 420 g/mol. The molecule has 158 valence electrons. The van der Waals surface area contributed by atoms with Crippen LogP contribution in [0.5, 0.6) is 0 Å². The summed E-state index contributed by atoms with van der Waals surface area (Å²) in [7, 11) is -4.10. The Morgan fingerprint density at radius 1 is 1.07 bits per heavy atom. The van der Waals surface area contributed by atoms with Gasteiger partial charge in [-0.2, -0.15) is 0 Å². The van der Waals surface area contributed by atoms with Crippen LogP contribution >= 0.6 is 0 Å². The standard InChI is InChI=1S/C22H29FN2O3S/c1-3-5-11-18(4-2)16-24-22(26)17-25(21-15-10-9-14-20(21)23)29(27,28)19-12-7-6-8-13-19/h6-10,12-15,18H,3-5,11,16-17H2,1-2H3,(H,24,26). The second-order valence-electron chi connectivity index (χ2n) is 7.00. The lowest BCUT2D eigenvalue weighted by Gasteiger charge is -2.25. The number of benzene rings is 2. The fourth-order valence-electron chi connectivity index (χ4n) is 3.06. The van der Waals surface area contributed by atoms with Gasteiger partial charge < -0.3 is 5.32 Å². The van der Waals surface area contributed by atoms with Crippen LogP contribution in [0.25, 0.3) is 0 Å². The van der Waals surface area contributed by atoms with Gasteiger partial charge in [-0.3, -0.25) is 9.10 Å². The highest BCUT2D eigenvalue weighted by molar-refractivity contribution is 7.92. The molecule has 0 aromatic heterocycles. The van der Waals surface area contributed by atoms with Gasteiger partial charge in [0.25, 0.3) is 10.0 Å². The number of unbranched alkanes of at least 4 members (excludes halogenated alkanes) is 1. The third-order valence-electron chi connectivity index (χ3n) is 4.87. The Balaban J connectivity index is 2.23. The summed E-state index contributed by atoms with van der Waals surface area (Å²) >= 11 is 0. The number of nitrogens with zero attached hydrogens (tertiary/aromatic N) is 1. The summed E-state index contributed by atoms with van der Waals surface area (Å²) in [5.41, 5.74) is -0.149. The predicted octanol–water partition coefficient (Wildman–Crippen LogP) is 4.35. The van der Waals surface area contributed by atoms with Gasteiger partial charge in [0.15, 0.2) is 0 Å². The van der Waals surface area contributed by atoms with E-state index in [1.165, 1.54) is 30.3 Å². The topological polar surface area (TPSA) is 66.5 Å². The number of carbonyl (C=O) groups is 1. The van der Waals surface area contributed by atoms with Crippen LogP contribution in [0.1, 0.15) is 39.5 Å². The number of anilines is 1. The molecule has 1 N–H and O–H groups in total. The Morgan fingerprint density at radius 2 is 1.72 bits per heavy atom. The zero-order chi connectivity index (χ0) is 21.3. The molecule has 0 fully saturated rings. The van der Waals surface area contributed by atoms with E-state index in [1.54, 1.807) is 24.3 Å². The van der Waals surface area contributed by atoms with Crippen molar-refractivity contribution < 1.29 is 17.6 Å². The summed E-state index contributed by atoms with van der Waals surface area (Å²) in [5, 5.41) is 2.82. The molecule has 1 amide bonds. The first-order chi connectivity index (χ1) is 13.9. The second-order valence-corrected chi connectivity index (χ2v) is 8.86. The van der Waals surface area contributed by atoms with Gasteiger partial charge in [0, 0.05) is 6.54 Å². The minimum Gasteiger partial charge on any atom is -0.354 e. The van der Waals surface area contributed by atoms with E-state index in [1.807, 2.05) is 0 Å². The van der Waals surface area contributed by atoms with E-state index >= 15 is 0 Å². The molecule has 0 heterocycles. The van der Waals surface area contributed by atoms with Crippen molar-refractivity contribution in [2.45, 2.75) is 44.4 Å². The van der Waals surface area contributed by atoms with Crippen molar-refractivity contribution in [3.8, 4) is 0 Å². The lowest BCUT2D eigenvalue weighted by molar-refractivity contribution is -0.119. The van der Waals surface area contributed by atoms with Crippen LogP contribution in [0.3, 0.4) is 0 Å². The van der Waals surface area contributed by atoms with E-state index in [0.29, 0.717) is 12.5 Å². The first-order valence-corrected chi connectivity index (χ1v) is 11.4. The molecular weight excluding hydrogens is 391 g/mol. The number of halogens is 1. The van der Waals surface area contributed by atoms with Crippen molar-refractivity contribution in [3.63, 3.8) is 0 Å². The Labute approximate surface area is 173 Å². The van der Waals surface area contributed by atoms with Gasteiger partial charge in [-0.05, 0) is 36.6 Å². The zero-order valence-corrected chi connectivity index (χ0v) is 17.8. The lowest BCUT2D eigenvalue weighted by atomic mass is 9.99. The third kappa shape index (κ3) is 6.29. The number of sulfonamides is 1. The van der Waals surface area contributed by atoms with Gasteiger partial charge in [0.05, 0.1) is 10.6 Å². The van der Waals surface area contributed by atoms with E-state index in [-0.39, 0.29) is 10.6 Å². The molecule has 0 aliphatic rings. The number of para-hydroxylation sites is 1. The summed E-state index contributed by atoms with van der Waals surface area (Å²) in [6.07, 6.45) is 4.10. The normalized spacial score (nSPS) is 12.4. The van der Waals surface area contributed by atoms with Crippen molar-refractivity contribution in [1.82, 2.24) is 5.32 Å². The second kappa shape index (κ2) is 11.0. The van der Waals surface area contributed by atoms with Gasteiger partial charge in [-0.1, -0.05) is 63.4 Å². The number of carbonyl (C=O) groups excluding carboxylic acids is 1. The van der Waals surface area contributed by atoms with E-state index in [9.17, 15) is 17.6 Å². The molecule has 0 saturated heterocycles. The third-order valence-corrected chi connectivity index (χ3v) is 6.64. The van der Waals surface area contributed by atoms with Crippen LogP contribution in [0.15, 0.2) is 59.5 Å². The SMILES string of the molecule is CCCCC(CC)CNC(=O)CN(c1ccccc1F)S(=O)(=O)c1ccccc1. The molecule has 0 aliphatic carbocycles. The maximum absolute atomic E-state index is 14.4. The summed E-state index contributed by atoms with van der Waals surface area (Å²) in [4.78, 5) is 12.6. The van der Waals surface area contributed by atoms with E-state index in [2.05, 4.69) is 19.2 Å². The zero-order valence-electron chi connectivity index (χ0n) is 17.0. The molecule has 0 aliphatic heterocycles. The van der Waals surface area contributed by atoms with Gasteiger partial charge >= 0.3 is 0 Å². The summed E-state index contributed by atoms with van der Waals surface area (Å²) < 4.78 is 41.5. The molecule has 1 unspecified atom stereocenters. The summed E-state index contributed by atoms with van der Waals surface area (Å²) in [6, 6.07) is 13.3. The van der Waals surface area contributed by atoms with Crippen molar-refractivity contribution in [1.29, 1.82) is 0 Å². The van der Waals surface area contributed by atoms with Gasteiger partial charge in [0.2, 0.25) is 5.91 Å². The number of nitrogens with one attached hydrogen (secondary N) is 1. The summed E-state index contributed by atoms with van der Waals surface area (Å²) in [6.45, 7) is 4.18. The number of hydrogen-bond acceptors (Lipinski definition) is 3. The Kier molecular flexibility index (Phi) is 8.64. The van der Waals surface area contributed by atoms with Crippen molar-refractivity contribution in [2.75, 3.05) is 17.4 Å². The quantitative estimate of drug-likeness (QED) is 0.588. The van der Waals surface area contributed by atoms with Crippen molar-refractivity contribution >= 4 is 21.6 Å². The molecule has 2 aromatic rings. The van der Waals surface area contributed by atoms with Crippen LogP contribution in [0.4, 0.5) is 10.1 Å². The maximum Gasteiger partial charge on any atom is 0.264 e. The molecule has 2 aromatic carbocycles. The smallest absolute Gasteiger partial charge is 0.264 e. The van der Waals surface area contributed by atoms with E-state index in [0.717, 1.165) is 30.0 Å². The van der Waals surface area contributed by atoms with Crippen LogP contribution in [-0.2, 0) is 14.8 Å². The van der Waals surface area contributed by atoms with Crippen molar-refractivity contribution in [2.24, 2.45) is 5.92 Å². The molecule has 0 bridgehead atoms. The average Bonchev–Trinajstić information content (AvgIpc) is 2.73. The van der Waals surface area contributed by atoms with E-state index < -0.39 is 28.3 Å². The molecule has 0 radical (unpaired) electrons. The highest BCUT2D eigenvalue weighted by atomic mass is 32.2. The Bertz CT molecular complexity index is 888. The number of hydrogen-bond donors (Lipinski definition) is 1. The number of rotatable bonds is 11. The van der Waals surface area contributed by atoms with Crippen LogP contribution in [0.2, 0.25) is 0 Å². The average molecular weight is 421 g/mol. The highest BCUT2D eigenvalue weighted by Gasteiger charge is 2.29. The van der Waals surface area contributed by atoms with Crippen LogP contribution in [0, 0.1) is 11.7 Å². The van der Waals surface area contributed by atoms with Crippen molar-refractivity contribution in [3.05, 3.63) is 60.4 Å². The minimum absolute atomic E-state index is 0.00503. The first-order valence-electron chi connectivity index (χ1n) is 9.99. The molecular formula is C22H29FN2O3S. The first kappa shape index (κ1) is 22.9. The highest BCUT2D eigenvalue weighted by Crippen LogP contribution is 2.26. The Hall–Kier alpha value is -2.41.